The summed E-state index contributed by atoms with van der Waals surface area (Å²) in [7, 11) is 0. The Morgan fingerprint density at radius 2 is 1.71 bits per heavy atom. The second kappa shape index (κ2) is 5.93. The molecule has 2 N–H and O–H groups in total. The molecular formula is C11H12F2N2O2. The molecule has 0 bridgehead atoms. The van der Waals surface area contributed by atoms with Gasteiger partial charge in [-0.3, -0.25) is 9.59 Å². The van der Waals surface area contributed by atoms with E-state index in [2.05, 4.69) is 10.6 Å². The van der Waals surface area contributed by atoms with Gasteiger partial charge in [-0.05, 0) is 19.1 Å². The zero-order chi connectivity index (χ0) is 12.8. The summed E-state index contributed by atoms with van der Waals surface area (Å²) in [6.45, 7) is 1.95. The Kier molecular flexibility index (Phi) is 4.56. The second-order valence-corrected chi connectivity index (χ2v) is 3.29. The number of carbonyl (C=O) groups excluding carboxylic acids is 2. The SMILES string of the molecule is CCNC(=O)CNC(=O)c1cc(F)cc(F)c1. The molecule has 6 heteroatoms. The normalized spacial score (nSPS) is 9.82. The third-order valence-corrected chi connectivity index (χ3v) is 1.91. The smallest absolute Gasteiger partial charge is 0.251 e. The molecule has 0 saturated carbocycles. The lowest BCUT2D eigenvalue weighted by atomic mass is 10.2. The van der Waals surface area contributed by atoms with Gasteiger partial charge in [-0.25, -0.2) is 8.78 Å². The van der Waals surface area contributed by atoms with E-state index < -0.39 is 17.5 Å². The summed E-state index contributed by atoms with van der Waals surface area (Å²) in [5, 5.41) is 4.73. The Bertz CT molecular complexity index is 415. The summed E-state index contributed by atoms with van der Waals surface area (Å²) in [6.07, 6.45) is 0. The number of hydrogen-bond donors (Lipinski definition) is 2. The highest BCUT2D eigenvalue weighted by Gasteiger charge is 2.10. The number of benzene rings is 1. The lowest BCUT2D eigenvalue weighted by Gasteiger charge is -2.05. The highest BCUT2D eigenvalue weighted by molar-refractivity contribution is 5.96. The first-order chi connectivity index (χ1) is 8.02. The number of carbonyl (C=O) groups is 2. The summed E-state index contributed by atoms with van der Waals surface area (Å²) in [5.74, 6) is -2.74. The molecule has 92 valence electrons. The molecule has 0 aromatic heterocycles. The molecule has 0 aliphatic carbocycles. The van der Waals surface area contributed by atoms with Crippen LogP contribution >= 0.6 is 0 Å². The van der Waals surface area contributed by atoms with Crippen LogP contribution in [0.15, 0.2) is 18.2 Å². The predicted molar refractivity (Wildman–Crippen MR) is 57.4 cm³/mol. The van der Waals surface area contributed by atoms with Crippen molar-refractivity contribution in [2.24, 2.45) is 0 Å². The maximum absolute atomic E-state index is 12.8. The van der Waals surface area contributed by atoms with Crippen molar-refractivity contribution >= 4 is 11.8 Å². The lowest BCUT2D eigenvalue weighted by molar-refractivity contribution is -0.120. The monoisotopic (exact) mass is 242 g/mol. The van der Waals surface area contributed by atoms with Crippen molar-refractivity contribution in [1.29, 1.82) is 0 Å². The van der Waals surface area contributed by atoms with Crippen molar-refractivity contribution in [2.75, 3.05) is 13.1 Å². The van der Waals surface area contributed by atoms with Gasteiger partial charge in [0.15, 0.2) is 0 Å². The molecule has 0 fully saturated rings. The van der Waals surface area contributed by atoms with E-state index in [0.29, 0.717) is 12.6 Å². The van der Waals surface area contributed by atoms with Crippen LogP contribution in [0.5, 0.6) is 0 Å². The molecule has 1 aromatic carbocycles. The van der Waals surface area contributed by atoms with Crippen LogP contribution in [0.3, 0.4) is 0 Å². The fourth-order valence-corrected chi connectivity index (χ4v) is 1.21. The standard InChI is InChI=1S/C11H12F2N2O2/c1-2-14-10(16)6-15-11(17)7-3-8(12)5-9(13)4-7/h3-5H,2,6H2,1H3,(H,14,16)(H,15,17). The molecular weight excluding hydrogens is 230 g/mol. The van der Waals surface area contributed by atoms with Crippen LogP contribution in [0.2, 0.25) is 0 Å². The first kappa shape index (κ1) is 13.1. The van der Waals surface area contributed by atoms with E-state index in [0.717, 1.165) is 12.1 Å². The lowest BCUT2D eigenvalue weighted by Crippen LogP contribution is -2.36. The maximum atomic E-state index is 12.8. The summed E-state index contributed by atoms with van der Waals surface area (Å²) >= 11 is 0. The fourth-order valence-electron chi connectivity index (χ4n) is 1.21. The van der Waals surface area contributed by atoms with Gasteiger partial charge in [-0.1, -0.05) is 0 Å². The van der Waals surface area contributed by atoms with Crippen LogP contribution in [0.4, 0.5) is 8.78 Å². The second-order valence-electron chi connectivity index (χ2n) is 3.29. The molecule has 0 unspecified atom stereocenters. The van der Waals surface area contributed by atoms with E-state index in [1.54, 1.807) is 6.92 Å². The highest BCUT2D eigenvalue weighted by atomic mass is 19.1. The molecule has 0 saturated heterocycles. The van der Waals surface area contributed by atoms with Crippen LogP contribution < -0.4 is 10.6 Å². The van der Waals surface area contributed by atoms with Crippen LogP contribution in [0.1, 0.15) is 17.3 Å². The van der Waals surface area contributed by atoms with Gasteiger partial charge in [0.05, 0.1) is 6.54 Å². The molecule has 1 aromatic rings. The average Bonchev–Trinajstić information content (AvgIpc) is 2.25. The molecule has 0 atom stereocenters. The zero-order valence-corrected chi connectivity index (χ0v) is 9.22. The van der Waals surface area contributed by atoms with Gasteiger partial charge in [-0.2, -0.15) is 0 Å². The molecule has 2 amide bonds. The average molecular weight is 242 g/mol. The minimum Gasteiger partial charge on any atom is -0.355 e. The van der Waals surface area contributed by atoms with E-state index in [-0.39, 0.29) is 18.0 Å². The van der Waals surface area contributed by atoms with Gasteiger partial charge >= 0.3 is 0 Å². The summed E-state index contributed by atoms with van der Waals surface area (Å²) < 4.78 is 25.6. The Morgan fingerprint density at radius 3 is 2.24 bits per heavy atom. The van der Waals surface area contributed by atoms with Crippen molar-refractivity contribution in [3.05, 3.63) is 35.4 Å². The number of amides is 2. The first-order valence-corrected chi connectivity index (χ1v) is 5.04. The van der Waals surface area contributed by atoms with Crippen molar-refractivity contribution in [1.82, 2.24) is 10.6 Å². The van der Waals surface area contributed by atoms with E-state index in [1.165, 1.54) is 0 Å². The summed E-state index contributed by atoms with van der Waals surface area (Å²) in [5.41, 5.74) is -0.160. The Balaban J connectivity index is 2.61. The highest BCUT2D eigenvalue weighted by Crippen LogP contribution is 2.07. The summed E-state index contributed by atoms with van der Waals surface area (Å²) in [6, 6.07) is 2.47. The number of hydrogen-bond acceptors (Lipinski definition) is 2. The van der Waals surface area contributed by atoms with E-state index in [9.17, 15) is 18.4 Å². The molecule has 4 nitrogen and oxygen atoms in total. The maximum Gasteiger partial charge on any atom is 0.251 e. The van der Waals surface area contributed by atoms with Crippen molar-refractivity contribution in [2.45, 2.75) is 6.92 Å². The largest absolute Gasteiger partial charge is 0.355 e. The van der Waals surface area contributed by atoms with Gasteiger partial charge < -0.3 is 10.6 Å². The summed E-state index contributed by atoms with van der Waals surface area (Å²) in [4.78, 5) is 22.5. The topological polar surface area (TPSA) is 58.2 Å². The third-order valence-electron chi connectivity index (χ3n) is 1.91. The van der Waals surface area contributed by atoms with E-state index in [4.69, 9.17) is 0 Å². The zero-order valence-electron chi connectivity index (χ0n) is 9.22. The quantitative estimate of drug-likeness (QED) is 0.821. The van der Waals surface area contributed by atoms with Crippen LogP contribution in [0.25, 0.3) is 0 Å². The third kappa shape index (κ3) is 4.18. The molecule has 1 rings (SSSR count). The number of rotatable bonds is 4. The Hall–Kier alpha value is -1.98. The van der Waals surface area contributed by atoms with Crippen molar-refractivity contribution < 1.29 is 18.4 Å². The minimum absolute atomic E-state index is 0.160. The fraction of sp³-hybridized carbons (Fsp3) is 0.273. The first-order valence-electron chi connectivity index (χ1n) is 5.04. The molecule has 0 spiro atoms. The molecule has 0 heterocycles. The van der Waals surface area contributed by atoms with Gasteiger partial charge in [0.2, 0.25) is 5.91 Å². The van der Waals surface area contributed by atoms with E-state index in [1.807, 2.05) is 0 Å². The minimum atomic E-state index is -0.840. The molecule has 0 aliphatic rings. The van der Waals surface area contributed by atoms with E-state index >= 15 is 0 Å². The van der Waals surface area contributed by atoms with Crippen LogP contribution in [0, 0.1) is 11.6 Å². The number of likely N-dealkylation sites (N-methyl/N-ethyl adjacent to an activating group) is 1. The predicted octanol–water partition coefficient (Wildman–Crippen LogP) is 0.831. The Labute approximate surface area is 97.0 Å². The van der Waals surface area contributed by atoms with Gasteiger partial charge in [0.1, 0.15) is 11.6 Å². The molecule has 0 aliphatic heterocycles. The molecule has 17 heavy (non-hydrogen) atoms. The number of halogens is 2. The van der Waals surface area contributed by atoms with Crippen LogP contribution in [-0.4, -0.2) is 24.9 Å². The van der Waals surface area contributed by atoms with Gasteiger partial charge in [0, 0.05) is 18.2 Å². The number of nitrogens with one attached hydrogen (secondary N) is 2. The van der Waals surface area contributed by atoms with Gasteiger partial charge in [0.25, 0.3) is 5.91 Å². The van der Waals surface area contributed by atoms with Crippen molar-refractivity contribution in [3.63, 3.8) is 0 Å². The van der Waals surface area contributed by atoms with Crippen molar-refractivity contribution in [3.8, 4) is 0 Å². The van der Waals surface area contributed by atoms with Gasteiger partial charge in [-0.15, -0.1) is 0 Å². The molecule has 0 radical (unpaired) electrons. The van der Waals surface area contributed by atoms with Crippen LogP contribution in [-0.2, 0) is 4.79 Å². The Morgan fingerprint density at radius 1 is 1.12 bits per heavy atom.